The highest BCUT2D eigenvalue weighted by Crippen LogP contribution is 2.21. The molecular weight excluding hydrogens is 408 g/mol. The van der Waals surface area contributed by atoms with E-state index in [9.17, 15) is 13.2 Å². The van der Waals surface area contributed by atoms with Gasteiger partial charge in [0, 0.05) is 18.2 Å². The fourth-order valence-electron chi connectivity index (χ4n) is 2.74. The topological polar surface area (TPSA) is 115 Å². The van der Waals surface area contributed by atoms with Gasteiger partial charge < -0.3 is 14.2 Å². The Morgan fingerprint density at radius 3 is 2.53 bits per heavy atom. The van der Waals surface area contributed by atoms with Gasteiger partial charge in [-0.05, 0) is 48.9 Å². The van der Waals surface area contributed by atoms with Crippen LogP contribution in [0.15, 0.2) is 47.0 Å². The number of hydrogen-bond donors (Lipinski definition) is 1. The van der Waals surface area contributed by atoms with E-state index in [0.29, 0.717) is 22.6 Å². The summed E-state index contributed by atoms with van der Waals surface area (Å²) in [5.41, 5.74) is 2.16. The summed E-state index contributed by atoms with van der Waals surface area (Å²) in [7, 11) is -0.269. The standard InChI is InChI=1S/C20H22N4O5S/c1-13-5-6-15(11-17(13)23-30(4,26)27)20(25)24(2)12-18-21-19(22-29-18)14-7-9-16(28-3)10-8-14/h5-11,23H,12H2,1-4H3. The first-order valence-corrected chi connectivity index (χ1v) is 10.9. The molecule has 0 atom stereocenters. The highest BCUT2D eigenvalue weighted by Gasteiger charge is 2.18. The van der Waals surface area contributed by atoms with Crippen molar-refractivity contribution in [2.24, 2.45) is 0 Å². The van der Waals surface area contributed by atoms with Crippen molar-refractivity contribution in [3.05, 3.63) is 59.5 Å². The van der Waals surface area contributed by atoms with Crippen molar-refractivity contribution in [1.82, 2.24) is 15.0 Å². The fourth-order valence-corrected chi connectivity index (χ4v) is 3.36. The zero-order valence-corrected chi connectivity index (χ0v) is 17.9. The van der Waals surface area contributed by atoms with Crippen LogP contribution in [0.2, 0.25) is 0 Å². The minimum Gasteiger partial charge on any atom is -0.497 e. The number of amides is 1. The maximum atomic E-state index is 12.8. The highest BCUT2D eigenvalue weighted by atomic mass is 32.2. The van der Waals surface area contributed by atoms with Gasteiger partial charge in [0.1, 0.15) is 5.75 Å². The molecule has 0 aliphatic carbocycles. The van der Waals surface area contributed by atoms with E-state index in [-0.39, 0.29) is 18.3 Å². The maximum absolute atomic E-state index is 12.8. The number of carbonyl (C=O) groups is 1. The number of methoxy groups -OCH3 is 1. The molecule has 3 rings (SSSR count). The van der Waals surface area contributed by atoms with Crippen molar-refractivity contribution in [2.45, 2.75) is 13.5 Å². The number of nitrogens with one attached hydrogen (secondary N) is 1. The Bertz CT molecular complexity index is 1160. The summed E-state index contributed by atoms with van der Waals surface area (Å²) in [5.74, 6) is 1.09. The summed E-state index contributed by atoms with van der Waals surface area (Å²) in [6, 6.07) is 12.0. The zero-order chi connectivity index (χ0) is 21.9. The van der Waals surface area contributed by atoms with E-state index < -0.39 is 10.0 Å². The molecule has 3 aromatic rings. The molecule has 30 heavy (non-hydrogen) atoms. The summed E-state index contributed by atoms with van der Waals surface area (Å²) in [6.07, 6.45) is 1.06. The molecule has 0 aliphatic heterocycles. The molecule has 0 spiro atoms. The number of aryl methyl sites for hydroxylation is 1. The Labute approximate surface area is 174 Å². The number of ether oxygens (including phenoxy) is 1. The van der Waals surface area contributed by atoms with Crippen LogP contribution in [0.5, 0.6) is 5.75 Å². The first-order valence-electron chi connectivity index (χ1n) is 8.97. The van der Waals surface area contributed by atoms with E-state index in [0.717, 1.165) is 17.6 Å². The van der Waals surface area contributed by atoms with Crippen molar-refractivity contribution in [2.75, 3.05) is 25.1 Å². The molecule has 0 saturated heterocycles. The molecule has 2 aromatic carbocycles. The Balaban J connectivity index is 1.73. The molecule has 9 nitrogen and oxygen atoms in total. The number of benzene rings is 2. The minimum atomic E-state index is -3.46. The van der Waals surface area contributed by atoms with Gasteiger partial charge in [-0.15, -0.1) is 0 Å². The molecule has 0 fully saturated rings. The number of nitrogens with zero attached hydrogens (tertiary/aromatic N) is 3. The van der Waals surface area contributed by atoms with Crippen molar-refractivity contribution in [3.63, 3.8) is 0 Å². The third-order valence-electron chi connectivity index (χ3n) is 4.32. The average Bonchev–Trinajstić information content (AvgIpc) is 3.16. The van der Waals surface area contributed by atoms with Gasteiger partial charge in [-0.2, -0.15) is 4.98 Å². The lowest BCUT2D eigenvalue weighted by molar-refractivity contribution is 0.0769. The van der Waals surface area contributed by atoms with Crippen LogP contribution in [-0.2, 0) is 16.6 Å². The molecular formula is C20H22N4O5S. The lowest BCUT2D eigenvalue weighted by atomic mass is 10.1. The van der Waals surface area contributed by atoms with Crippen molar-refractivity contribution < 1.29 is 22.5 Å². The van der Waals surface area contributed by atoms with Gasteiger partial charge >= 0.3 is 0 Å². The molecule has 0 unspecified atom stereocenters. The maximum Gasteiger partial charge on any atom is 0.254 e. The van der Waals surface area contributed by atoms with E-state index in [4.69, 9.17) is 9.26 Å². The van der Waals surface area contributed by atoms with E-state index in [2.05, 4.69) is 14.9 Å². The van der Waals surface area contributed by atoms with Crippen molar-refractivity contribution in [1.29, 1.82) is 0 Å². The number of anilines is 1. The predicted molar refractivity (Wildman–Crippen MR) is 112 cm³/mol. The molecule has 1 aromatic heterocycles. The van der Waals surface area contributed by atoms with Crippen LogP contribution in [0, 0.1) is 6.92 Å². The van der Waals surface area contributed by atoms with Crippen molar-refractivity contribution >= 4 is 21.6 Å². The second kappa shape index (κ2) is 8.54. The summed E-state index contributed by atoms with van der Waals surface area (Å²) in [4.78, 5) is 18.5. The van der Waals surface area contributed by atoms with Gasteiger partial charge in [0.15, 0.2) is 0 Å². The summed E-state index contributed by atoms with van der Waals surface area (Å²) < 4.78 is 35.9. The molecule has 1 N–H and O–H groups in total. The van der Waals surface area contributed by atoms with Gasteiger partial charge in [0.2, 0.25) is 21.7 Å². The summed E-state index contributed by atoms with van der Waals surface area (Å²) in [6.45, 7) is 1.86. The summed E-state index contributed by atoms with van der Waals surface area (Å²) in [5, 5.41) is 3.95. The number of sulfonamides is 1. The third kappa shape index (κ3) is 5.15. The number of rotatable bonds is 7. The third-order valence-corrected chi connectivity index (χ3v) is 4.91. The molecule has 1 amide bonds. The van der Waals surface area contributed by atoms with Crippen molar-refractivity contribution in [3.8, 4) is 17.1 Å². The lowest BCUT2D eigenvalue weighted by Gasteiger charge is -2.16. The normalized spacial score (nSPS) is 11.2. The monoisotopic (exact) mass is 430 g/mol. The van der Waals surface area contributed by atoms with Crippen LogP contribution in [0.1, 0.15) is 21.8 Å². The predicted octanol–water partition coefficient (Wildman–Crippen LogP) is 2.70. The van der Waals surface area contributed by atoms with Gasteiger partial charge in [0.05, 0.1) is 25.6 Å². The van der Waals surface area contributed by atoms with Crippen LogP contribution in [0.25, 0.3) is 11.4 Å². The first kappa shape index (κ1) is 21.3. The van der Waals surface area contributed by atoms with Crippen LogP contribution >= 0.6 is 0 Å². The zero-order valence-electron chi connectivity index (χ0n) is 17.0. The lowest BCUT2D eigenvalue weighted by Crippen LogP contribution is -2.26. The van der Waals surface area contributed by atoms with E-state index in [1.54, 1.807) is 45.3 Å². The molecule has 1 heterocycles. The molecule has 0 saturated carbocycles. The van der Waals surface area contributed by atoms with Gasteiger partial charge in [-0.3, -0.25) is 9.52 Å². The van der Waals surface area contributed by atoms with Gasteiger partial charge in [-0.25, -0.2) is 8.42 Å². The number of aromatic nitrogens is 2. The first-order chi connectivity index (χ1) is 14.2. The SMILES string of the molecule is COc1ccc(-c2noc(CN(C)C(=O)c3ccc(C)c(NS(C)(=O)=O)c3)n2)cc1. The second-order valence-electron chi connectivity index (χ2n) is 6.81. The second-order valence-corrected chi connectivity index (χ2v) is 8.55. The average molecular weight is 430 g/mol. The van der Waals surface area contributed by atoms with Crippen LogP contribution in [-0.4, -0.2) is 49.8 Å². The number of hydrogen-bond acceptors (Lipinski definition) is 7. The van der Waals surface area contributed by atoms with Crippen LogP contribution in [0.3, 0.4) is 0 Å². The fraction of sp³-hybridized carbons (Fsp3) is 0.250. The Hall–Kier alpha value is -3.40. The molecule has 0 aliphatic rings. The van der Waals surface area contributed by atoms with Gasteiger partial charge in [0.25, 0.3) is 5.91 Å². The molecule has 0 bridgehead atoms. The van der Waals surface area contributed by atoms with Crippen LogP contribution < -0.4 is 9.46 Å². The van der Waals surface area contributed by atoms with Crippen LogP contribution in [0.4, 0.5) is 5.69 Å². The Morgan fingerprint density at radius 2 is 1.90 bits per heavy atom. The number of carbonyl (C=O) groups excluding carboxylic acids is 1. The van der Waals surface area contributed by atoms with E-state index in [1.165, 1.54) is 11.0 Å². The Morgan fingerprint density at radius 1 is 1.20 bits per heavy atom. The van der Waals surface area contributed by atoms with E-state index in [1.807, 2.05) is 12.1 Å². The smallest absolute Gasteiger partial charge is 0.254 e. The minimum absolute atomic E-state index is 0.102. The molecule has 10 heteroatoms. The Kier molecular flexibility index (Phi) is 6.06. The molecule has 0 radical (unpaired) electrons. The quantitative estimate of drug-likeness (QED) is 0.613. The van der Waals surface area contributed by atoms with E-state index >= 15 is 0 Å². The largest absolute Gasteiger partial charge is 0.497 e. The summed E-state index contributed by atoms with van der Waals surface area (Å²) >= 11 is 0. The molecule has 158 valence electrons. The highest BCUT2D eigenvalue weighted by molar-refractivity contribution is 7.92. The van der Waals surface area contributed by atoms with Gasteiger partial charge in [-0.1, -0.05) is 11.2 Å².